The summed E-state index contributed by atoms with van der Waals surface area (Å²) in [6.45, 7) is 4.83. The third-order valence-corrected chi connectivity index (χ3v) is 2.66. The average Bonchev–Trinajstić information content (AvgIpc) is 2.29. The molecule has 1 atom stereocenters. The molecule has 0 aliphatic heterocycles. The van der Waals surface area contributed by atoms with Crippen LogP contribution in [-0.4, -0.2) is 19.6 Å². The minimum Gasteiger partial charge on any atom is -0.469 e. The number of methoxy groups -OCH3 is 1. The first-order valence-corrected chi connectivity index (χ1v) is 5.51. The molecule has 0 aromatic heterocycles. The first kappa shape index (κ1) is 12.7. The molecular weight excluding hydrogens is 202 g/mol. The highest BCUT2D eigenvalue weighted by molar-refractivity contribution is 5.69. The van der Waals surface area contributed by atoms with Crippen LogP contribution in [0.5, 0.6) is 0 Å². The summed E-state index contributed by atoms with van der Waals surface area (Å²) in [6, 6.07) is 8.51. The Hall–Kier alpha value is -1.35. The highest BCUT2D eigenvalue weighted by Gasteiger charge is 2.07. The first-order valence-electron chi connectivity index (χ1n) is 5.51. The van der Waals surface area contributed by atoms with Gasteiger partial charge in [-0.05, 0) is 25.0 Å². The van der Waals surface area contributed by atoms with Gasteiger partial charge in [-0.1, -0.05) is 24.3 Å². The summed E-state index contributed by atoms with van der Waals surface area (Å²) in [5.74, 6) is -0.176. The summed E-state index contributed by atoms with van der Waals surface area (Å²) < 4.78 is 4.58. The van der Waals surface area contributed by atoms with Crippen molar-refractivity contribution in [1.29, 1.82) is 0 Å². The van der Waals surface area contributed by atoms with Crippen molar-refractivity contribution in [2.45, 2.75) is 26.3 Å². The molecule has 0 amide bonds. The van der Waals surface area contributed by atoms with Crippen LogP contribution >= 0.6 is 0 Å². The van der Waals surface area contributed by atoms with E-state index in [1.165, 1.54) is 18.2 Å². The summed E-state index contributed by atoms with van der Waals surface area (Å²) in [5, 5.41) is 3.30. The minimum absolute atomic E-state index is 0.176. The topological polar surface area (TPSA) is 38.3 Å². The Morgan fingerprint density at radius 3 is 2.75 bits per heavy atom. The van der Waals surface area contributed by atoms with Crippen molar-refractivity contribution in [2.24, 2.45) is 0 Å². The molecule has 3 heteroatoms. The SMILES string of the molecule is COC(=O)CCNC(C)c1ccccc1C. The Morgan fingerprint density at radius 1 is 1.44 bits per heavy atom. The van der Waals surface area contributed by atoms with E-state index in [0.29, 0.717) is 13.0 Å². The van der Waals surface area contributed by atoms with Crippen LogP contribution in [-0.2, 0) is 9.53 Å². The van der Waals surface area contributed by atoms with Gasteiger partial charge in [0.25, 0.3) is 0 Å². The molecule has 1 unspecified atom stereocenters. The second-order valence-corrected chi connectivity index (χ2v) is 3.86. The Balaban J connectivity index is 2.44. The van der Waals surface area contributed by atoms with Crippen molar-refractivity contribution in [1.82, 2.24) is 5.32 Å². The standard InChI is InChI=1S/C13H19NO2/c1-10-6-4-5-7-12(10)11(2)14-9-8-13(15)16-3/h4-7,11,14H,8-9H2,1-3H3. The molecule has 0 saturated heterocycles. The van der Waals surface area contributed by atoms with Crippen LogP contribution in [0.1, 0.15) is 30.5 Å². The molecule has 1 aromatic carbocycles. The second-order valence-electron chi connectivity index (χ2n) is 3.86. The molecule has 0 aliphatic rings. The van der Waals surface area contributed by atoms with E-state index < -0.39 is 0 Å². The Morgan fingerprint density at radius 2 is 2.12 bits per heavy atom. The Labute approximate surface area is 96.8 Å². The largest absolute Gasteiger partial charge is 0.469 e. The van der Waals surface area contributed by atoms with Crippen LogP contribution in [0.25, 0.3) is 0 Å². The van der Waals surface area contributed by atoms with Crippen LogP contribution < -0.4 is 5.32 Å². The molecule has 0 heterocycles. The molecule has 0 radical (unpaired) electrons. The van der Waals surface area contributed by atoms with Crippen LogP contribution in [0.15, 0.2) is 24.3 Å². The molecule has 0 aliphatic carbocycles. The molecule has 0 bridgehead atoms. The van der Waals surface area contributed by atoms with Gasteiger partial charge in [0.1, 0.15) is 0 Å². The van der Waals surface area contributed by atoms with E-state index in [4.69, 9.17) is 0 Å². The monoisotopic (exact) mass is 221 g/mol. The lowest BCUT2D eigenvalue weighted by Crippen LogP contribution is -2.22. The third kappa shape index (κ3) is 3.66. The maximum Gasteiger partial charge on any atom is 0.306 e. The first-order chi connectivity index (χ1) is 7.65. The molecular formula is C13H19NO2. The molecule has 3 nitrogen and oxygen atoms in total. The predicted molar refractivity (Wildman–Crippen MR) is 64.2 cm³/mol. The number of aryl methyl sites for hydroxylation is 1. The van der Waals surface area contributed by atoms with Gasteiger partial charge in [0.15, 0.2) is 0 Å². The molecule has 88 valence electrons. The minimum atomic E-state index is -0.176. The number of nitrogens with one attached hydrogen (secondary N) is 1. The highest BCUT2D eigenvalue weighted by atomic mass is 16.5. The molecule has 1 N–H and O–H groups in total. The third-order valence-electron chi connectivity index (χ3n) is 2.66. The van der Waals surface area contributed by atoms with E-state index >= 15 is 0 Å². The lowest BCUT2D eigenvalue weighted by atomic mass is 10.0. The normalized spacial score (nSPS) is 12.2. The van der Waals surface area contributed by atoms with Gasteiger partial charge >= 0.3 is 5.97 Å². The fourth-order valence-electron chi connectivity index (χ4n) is 1.68. The van der Waals surface area contributed by atoms with E-state index in [2.05, 4.69) is 36.0 Å². The number of rotatable bonds is 5. The number of carbonyl (C=O) groups is 1. The number of ether oxygens (including phenoxy) is 1. The van der Waals surface area contributed by atoms with Crippen LogP contribution in [0.4, 0.5) is 0 Å². The van der Waals surface area contributed by atoms with Gasteiger partial charge < -0.3 is 10.1 Å². The van der Waals surface area contributed by atoms with Gasteiger partial charge in [-0.3, -0.25) is 4.79 Å². The van der Waals surface area contributed by atoms with Crippen molar-refractivity contribution in [3.63, 3.8) is 0 Å². The molecule has 1 rings (SSSR count). The Kier molecular flexibility index (Phi) is 4.99. The van der Waals surface area contributed by atoms with Gasteiger partial charge in [-0.25, -0.2) is 0 Å². The number of benzene rings is 1. The molecule has 0 spiro atoms. The number of hydrogen-bond donors (Lipinski definition) is 1. The molecule has 0 fully saturated rings. The van der Waals surface area contributed by atoms with Crippen LogP contribution in [0, 0.1) is 6.92 Å². The predicted octanol–water partition coefficient (Wildman–Crippen LogP) is 2.21. The summed E-state index contributed by atoms with van der Waals surface area (Å²) >= 11 is 0. The van der Waals surface area contributed by atoms with E-state index in [-0.39, 0.29) is 12.0 Å². The van der Waals surface area contributed by atoms with Gasteiger partial charge in [-0.2, -0.15) is 0 Å². The van der Waals surface area contributed by atoms with Crippen molar-refractivity contribution >= 4 is 5.97 Å². The van der Waals surface area contributed by atoms with Gasteiger partial charge in [0.2, 0.25) is 0 Å². The Bertz CT molecular complexity index is 350. The quantitative estimate of drug-likeness (QED) is 0.775. The second kappa shape index (κ2) is 6.28. The smallest absolute Gasteiger partial charge is 0.306 e. The van der Waals surface area contributed by atoms with Crippen LogP contribution in [0.2, 0.25) is 0 Å². The average molecular weight is 221 g/mol. The van der Waals surface area contributed by atoms with E-state index in [1.54, 1.807) is 0 Å². The van der Waals surface area contributed by atoms with Gasteiger partial charge in [-0.15, -0.1) is 0 Å². The number of carbonyl (C=O) groups excluding carboxylic acids is 1. The number of hydrogen-bond acceptors (Lipinski definition) is 3. The lowest BCUT2D eigenvalue weighted by Gasteiger charge is -2.15. The van der Waals surface area contributed by atoms with E-state index in [0.717, 1.165) is 0 Å². The summed E-state index contributed by atoms with van der Waals surface area (Å²) in [6.07, 6.45) is 0.409. The van der Waals surface area contributed by atoms with Crippen molar-refractivity contribution in [3.05, 3.63) is 35.4 Å². The zero-order valence-electron chi connectivity index (χ0n) is 10.1. The lowest BCUT2D eigenvalue weighted by molar-refractivity contribution is -0.140. The van der Waals surface area contributed by atoms with Crippen LogP contribution in [0.3, 0.4) is 0 Å². The highest BCUT2D eigenvalue weighted by Crippen LogP contribution is 2.16. The van der Waals surface area contributed by atoms with Crippen molar-refractivity contribution in [2.75, 3.05) is 13.7 Å². The maximum absolute atomic E-state index is 10.9. The zero-order chi connectivity index (χ0) is 12.0. The summed E-state index contributed by atoms with van der Waals surface area (Å²) in [7, 11) is 1.41. The fourth-order valence-corrected chi connectivity index (χ4v) is 1.68. The summed E-state index contributed by atoms with van der Waals surface area (Å²) in [5.41, 5.74) is 2.54. The summed E-state index contributed by atoms with van der Waals surface area (Å²) in [4.78, 5) is 10.9. The molecule has 16 heavy (non-hydrogen) atoms. The zero-order valence-corrected chi connectivity index (χ0v) is 10.1. The fraction of sp³-hybridized carbons (Fsp3) is 0.462. The number of esters is 1. The van der Waals surface area contributed by atoms with E-state index in [1.807, 2.05) is 12.1 Å². The van der Waals surface area contributed by atoms with Crippen molar-refractivity contribution < 1.29 is 9.53 Å². The van der Waals surface area contributed by atoms with Gasteiger partial charge in [0, 0.05) is 12.6 Å². The van der Waals surface area contributed by atoms with Crippen molar-refractivity contribution in [3.8, 4) is 0 Å². The van der Waals surface area contributed by atoms with E-state index in [9.17, 15) is 4.79 Å². The maximum atomic E-state index is 10.9. The molecule has 1 aromatic rings. The van der Waals surface area contributed by atoms with Gasteiger partial charge in [0.05, 0.1) is 13.5 Å². The molecule has 0 saturated carbocycles.